The van der Waals surface area contributed by atoms with Crippen LogP contribution in [0.4, 0.5) is 11.6 Å². The van der Waals surface area contributed by atoms with E-state index in [-0.39, 0.29) is 0 Å². The van der Waals surface area contributed by atoms with E-state index in [9.17, 15) is 0 Å². The van der Waals surface area contributed by atoms with Crippen molar-refractivity contribution in [2.24, 2.45) is 0 Å². The highest BCUT2D eigenvalue weighted by Crippen LogP contribution is 2.20. The van der Waals surface area contributed by atoms with Crippen molar-refractivity contribution in [1.82, 2.24) is 9.97 Å². The van der Waals surface area contributed by atoms with Crippen LogP contribution in [0, 0.1) is 6.92 Å². The van der Waals surface area contributed by atoms with Gasteiger partial charge in [-0.15, -0.1) is 0 Å². The molecule has 0 saturated carbocycles. The Labute approximate surface area is 113 Å². The number of aromatic nitrogens is 2. The molecular formula is C14H12BrN3. The van der Waals surface area contributed by atoms with Crippen LogP contribution in [0.2, 0.25) is 0 Å². The molecule has 0 aliphatic rings. The van der Waals surface area contributed by atoms with Crippen molar-refractivity contribution in [2.75, 3.05) is 5.32 Å². The quantitative estimate of drug-likeness (QED) is 0.737. The Bertz CT molecular complexity index is 686. The van der Waals surface area contributed by atoms with E-state index in [4.69, 9.17) is 0 Å². The Morgan fingerprint density at radius 2 is 1.89 bits per heavy atom. The highest BCUT2D eigenvalue weighted by molar-refractivity contribution is 9.10. The smallest absolute Gasteiger partial charge is 0.205 e. The zero-order valence-corrected chi connectivity index (χ0v) is 11.5. The van der Waals surface area contributed by atoms with E-state index in [0.717, 1.165) is 27.1 Å². The molecule has 3 rings (SSSR count). The highest BCUT2D eigenvalue weighted by atomic mass is 79.9. The number of hydrogen-bond donors (Lipinski definition) is 2. The van der Waals surface area contributed by atoms with Gasteiger partial charge in [-0.3, -0.25) is 0 Å². The molecule has 2 aromatic carbocycles. The van der Waals surface area contributed by atoms with E-state index in [1.807, 2.05) is 30.3 Å². The SMILES string of the molecule is Cc1ccc2nc(Nc3ccc(Br)cc3)[nH]c2c1. The van der Waals surface area contributed by atoms with Gasteiger partial charge in [-0.2, -0.15) is 0 Å². The molecule has 0 unspecified atom stereocenters. The molecule has 0 spiro atoms. The fourth-order valence-corrected chi connectivity index (χ4v) is 2.12. The van der Waals surface area contributed by atoms with Crippen LogP contribution in [0.1, 0.15) is 5.56 Å². The van der Waals surface area contributed by atoms with Gasteiger partial charge in [-0.05, 0) is 48.9 Å². The van der Waals surface area contributed by atoms with Crippen LogP contribution in [0.25, 0.3) is 11.0 Å². The number of nitrogens with zero attached hydrogens (tertiary/aromatic N) is 1. The number of H-pyrrole nitrogens is 1. The lowest BCUT2D eigenvalue weighted by Crippen LogP contribution is -1.91. The summed E-state index contributed by atoms with van der Waals surface area (Å²) in [5.74, 6) is 0.762. The maximum atomic E-state index is 4.49. The van der Waals surface area contributed by atoms with E-state index in [1.54, 1.807) is 0 Å². The molecule has 3 nitrogen and oxygen atoms in total. The molecule has 0 aliphatic carbocycles. The standard InChI is InChI=1S/C14H12BrN3/c1-9-2-7-12-13(8-9)18-14(17-12)16-11-5-3-10(15)4-6-11/h2-8H,1H3,(H2,16,17,18). The van der Waals surface area contributed by atoms with E-state index in [0.29, 0.717) is 0 Å². The van der Waals surface area contributed by atoms with Crippen LogP contribution in [0.3, 0.4) is 0 Å². The molecule has 0 radical (unpaired) electrons. The number of benzene rings is 2. The number of aryl methyl sites for hydroxylation is 1. The second kappa shape index (κ2) is 4.46. The van der Waals surface area contributed by atoms with Crippen molar-refractivity contribution < 1.29 is 0 Å². The summed E-state index contributed by atoms with van der Waals surface area (Å²) in [6.07, 6.45) is 0. The molecule has 1 heterocycles. The number of imidazole rings is 1. The average Bonchev–Trinajstić information content (AvgIpc) is 2.73. The molecule has 0 saturated heterocycles. The number of anilines is 2. The lowest BCUT2D eigenvalue weighted by molar-refractivity contribution is 1.31. The highest BCUT2D eigenvalue weighted by Gasteiger charge is 2.02. The largest absolute Gasteiger partial charge is 0.326 e. The first-order valence-electron chi connectivity index (χ1n) is 5.70. The molecule has 18 heavy (non-hydrogen) atoms. The van der Waals surface area contributed by atoms with Gasteiger partial charge in [0, 0.05) is 10.2 Å². The summed E-state index contributed by atoms with van der Waals surface area (Å²) in [6.45, 7) is 2.07. The number of rotatable bonds is 2. The monoisotopic (exact) mass is 301 g/mol. The van der Waals surface area contributed by atoms with Crippen molar-refractivity contribution in [1.29, 1.82) is 0 Å². The van der Waals surface area contributed by atoms with Gasteiger partial charge >= 0.3 is 0 Å². The molecule has 2 N–H and O–H groups in total. The Morgan fingerprint density at radius 1 is 1.11 bits per heavy atom. The Hall–Kier alpha value is -1.81. The minimum absolute atomic E-state index is 0.762. The lowest BCUT2D eigenvalue weighted by atomic mass is 10.2. The molecule has 0 aliphatic heterocycles. The number of fused-ring (bicyclic) bond motifs is 1. The molecule has 0 atom stereocenters. The summed E-state index contributed by atoms with van der Waals surface area (Å²) in [5, 5.41) is 3.25. The minimum Gasteiger partial charge on any atom is -0.326 e. The summed E-state index contributed by atoms with van der Waals surface area (Å²) in [4.78, 5) is 7.76. The predicted molar refractivity (Wildman–Crippen MR) is 78.3 cm³/mol. The Kier molecular flexibility index (Phi) is 2.80. The number of halogens is 1. The second-order valence-corrected chi connectivity index (χ2v) is 5.15. The fraction of sp³-hybridized carbons (Fsp3) is 0.0714. The number of hydrogen-bond acceptors (Lipinski definition) is 2. The molecule has 1 aromatic heterocycles. The first-order valence-corrected chi connectivity index (χ1v) is 6.49. The van der Waals surface area contributed by atoms with Crippen molar-refractivity contribution in [3.63, 3.8) is 0 Å². The molecule has 4 heteroatoms. The normalized spacial score (nSPS) is 10.8. The molecule has 0 amide bonds. The predicted octanol–water partition coefficient (Wildman–Crippen LogP) is 4.38. The third kappa shape index (κ3) is 2.24. The summed E-state index contributed by atoms with van der Waals surface area (Å²) in [6, 6.07) is 14.2. The van der Waals surface area contributed by atoms with Crippen molar-refractivity contribution in [3.8, 4) is 0 Å². The zero-order valence-electron chi connectivity index (χ0n) is 9.87. The van der Waals surface area contributed by atoms with Gasteiger partial charge in [0.25, 0.3) is 0 Å². The second-order valence-electron chi connectivity index (χ2n) is 4.24. The van der Waals surface area contributed by atoms with Crippen LogP contribution in [0.5, 0.6) is 0 Å². The Balaban J connectivity index is 1.92. The summed E-state index contributed by atoms with van der Waals surface area (Å²) < 4.78 is 1.06. The molecule has 0 fully saturated rings. The fourth-order valence-electron chi connectivity index (χ4n) is 1.85. The van der Waals surface area contributed by atoms with Crippen molar-refractivity contribution in [3.05, 3.63) is 52.5 Å². The van der Waals surface area contributed by atoms with Gasteiger partial charge in [0.2, 0.25) is 5.95 Å². The van der Waals surface area contributed by atoms with Crippen LogP contribution < -0.4 is 5.32 Å². The number of nitrogens with one attached hydrogen (secondary N) is 2. The third-order valence-corrected chi connectivity index (χ3v) is 3.27. The van der Waals surface area contributed by atoms with Crippen LogP contribution in [-0.4, -0.2) is 9.97 Å². The average molecular weight is 302 g/mol. The van der Waals surface area contributed by atoms with Crippen molar-refractivity contribution in [2.45, 2.75) is 6.92 Å². The van der Waals surface area contributed by atoms with Gasteiger partial charge in [0.15, 0.2) is 0 Å². The van der Waals surface area contributed by atoms with E-state index in [1.165, 1.54) is 5.56 Å². The van der Waals surface area contributed by atoms with Crippen molar-refractivity contribution >= 4 is 38.6 Å². The van der Waals surface area contributed by atoms with E-state index >= 15 is 0 Å². The van der Waals surface area contributed by atoms with E-state index in [2.05, 4.69) is 50.3 Å². The van der Waals surface area contributed by atoms with Gasteiger partial charge in [0.05, 0.1) is 11.0 Å². The first kappa shape index (κ1) is 11.3. The molecule has 0 bridgehead atoms. The summed E-state index contributed by atoms with van der Waals surface area (Å²) >= 11 is 3.42. The van der Waals surface area contributed by atoms with Crippen LogP contribution in [0.15, 0.2) is 46.9 Å². The van der Waals surface area contributed by atoms with Crippen LogP contribution >= 0.6 is 15.9 Å². The summed E-state index contributed by atoms with van der Waals surface area (Å²) in [5.41, 5.74) is 4.25. The van der Waals surface area contributed by atoms with Crippen LogP contribution in [-0.2, 0) is 0 Å². The lowest BCUT2D eigenvalue weighted by Gasteiger charge is -2.01. The third-order valence-electron chi connectivity index (χ3n) is 2.74. The molecule has 3 aromatic rings. The molecule has 90 valence electrons. The minimum atomic E-state index is 0.762. The van der Waals surface area contributed by atoms with E-state index < -0.39 is 0 Å². The van der Waals surface area contributed by atoms with Gasteiger partial charge in [-0.1, -0.05) is 22.0 Å². The maximum absolute atomic E-state index is 4.49. The summed E-state index contributed by atoms with van der Waals surface area (Å²) in [7, 11) is 0. The molecular weight excluding hydrogens is 290 g/mol. The van der Waals surface area contributed by atoms with Gasteiger partial charge in [0.1, 0.15) is 0 Å². The first-order chi connectivity index (χ1) is 8.70. The van der Waals surface area contributed by atoms with Gasteiger partial charge in [-0.25, -0.2) is 4.98 Å². The topological polar surface area (TPSA) is 40.7 Å². The van der Waals surface area contributed by atoms with Gasteiger partial charge < -0.3 is 10.3 Å². The Morgan fingerprint density at radius 3 is 2.67 bits per heavy atom. The maximum Gasteiger partial charge on any atom is 0.205 e. The zero-order chi connectivity index (χ0) is 12.5. The number of aromatic amines is 1.